The van der Waals surface area contributed by atoms with Crippen molar-refractivity contribution in [3.8, 4) is 0 Å². The van der Waals surface area contributed by atoms with E-state index in [2.05, 4.69) is 0 Å². The second kappa shape index (κ2) is 8.97. The predicted molar refractivity (Wildman–Crippen MR) is 83.9 cm³/mol. The van der Waals surface area contributed by atoms with Gasteiger partial charge in [-0.1, -0.05) is 31.2 Å². The maximum absolute atomic E-state index is 12.1. The van der Waals surface area contributed by atoms with E-state index in [0.717, 1.165) is 6.42 Å². The van der Waals surface area contributed by atoms with Crippen LogP contribution in [0.15, 0.2) is 24.3 Å². The minimum atomic E-state index is -0.932. The van der Waals surface area contributed by atoms with Crippen molar-refractivity contribution in [1.29, 1.82) is 0 Å². The molecule has 0 spiro atoms. The zero-order chi connectivity index (χ0) is 16.5. The molecular weight excluding hydrogens is 282 g/mol. The molecule has 0 aliphatic carbocycles. The van der Waals surface area contributed by atoms with Gasteiger partial charge in [0.1, 0.15) is 0 Å². The number of hydrogen-bond acceptors (Lipinski definition) is 3. The average Bonchev–Trinajstić information content (AvgIpc) is 2.52. The van der Waals surface area contributed by atoms with E-state index in [1.165, 1.54) is 10.5 Å². The lowest BCUT2D eigenvalue weighted by molar-refractivity contribution is -0.138. The van der Waals surface area contributed by atoms with Crippen LogP contribution in [0.3, 0.4) is 0 Å². The van der Waals surface area contributed by atoms with E-state index < -0.39 is 5.97 Å². The summed E-state index contributed by atoms with van der Waals surface area (Å²) in [6.45, 7) is 4.48. The van der Waals surface area contributed by atoms with E-state index >= 15 is 0 Å². The summed E-state index contributed by atoms with van der Waals surface area (Å²) >= 11 is 0. The van der Waals surface area contributed by atoms with Crippen molar-refractivity contribution in [2.45, 2.75) is 39.5 Å². The highest BCUT2D eigenvalue weighted by atomic mass is 16.4. The van der Waals surface area contributed by atoms with Gasteiger partial charge in [0, 0.05) is 31.5 Å². The molecule has 0 aromatic heterocycles. The number of nitrogens with zero attached hydrogens (tertiary/aromatic N) is 1. The number of amides is 1. The Hall–Kier alpha value is -2.17. The van der Waals surface area contributed by atoms with E-state index in [4.69, 9.17) is 5.11 Å². The largest absolute Gasteiger partial charge is 0.481 e. The molecule has 1 aromatic rings. The zero-order valence-electron chi connectivity index (χ0n) is 13.2. The Bertz CT molecular complexity index is 522. The zero-order valence-corrected chi connectivity index (χ0v) is 13.2. The summed E-state index contributed by atoms with van der Waals surface area (Å²) in [5.74, 6) is -1.18. The molecule has 0 unspecified atom stereocenters. The number of aliphatic carboxylic acids is 1. The van der Waals surface area contributed by atoms with Crippen LogP contribution in [0.5, 0.6) is 0 Å². The van der Waals surface area contributed by atoms with Gasteiger partial charge in [-0.15, -0.1) is 0 Å². The number of ketones is 1. The van der Waals surface area contributed by atoms with Crippen molar-refractivity contribution in [3.63, 3.8) is 0 Å². The quantitative estimate of drug-likeness (QED) is 0.711. The molecular formula is C17H23NO4. The van der Waals surface area contributed by atoms with Crippen LogP contribution in [0.2, 0.25) is 0 Å². The Morgan fingerprint density at radius 3 is 2.14 bits per heavy atom. The highest BCUT2D eigenvalue weighted by Crippen LogP contribution is 2.10. The molecule has 0 saturated heterocycles. The van der Waals surface area contributed by atoms with Crippen molar-refractivity contribution in [2.75, 3.05) is 13.1 Å². The number of carbonyl (C=O) groups excluding carboxylic acids is 2. The van der Waals surface area contributed by atoms with Gasteiger partial charge in [-0.2, -0.15) is 0 Å². The third-order valence-electron chi connectivity index (χ3n) is 3.58. The van der Waals surface area contributed by atoms with E-state index in [1.807, 2.05) is 19.1 Å². The first-order valence-electron chi connectivity index (χ1n) is 7.59. The van der Waals surface area contributed by atoms with Gasteiger partial charge in [-0.25, -0.2) is 0 Å². The fourth-order valence-electron chi connectivity index (χ4n) is 2.14. The third-order valence-corrected chi connectivity index (χ3v) is 3.58. The van der Waals surface area contributed by atoms with Crippen molar-refractivity contribution in [2.24, 2.45) is 0 Å². The maximum atomic E-state index is 12.1. The Morgan fingerprint density at radius 2 is 1.64 bits per heavy atom. The highest BCUT2D eigenvalue weighted by molar-refractivity contribution is 5.98. The van der Waals surface area contributed by atoms with Crippen molar-refractivity contribution in [3.05, 3.63) is 35.4 Å². The Kier molecular flexibility index (Phi) is 7.29. The topological polar surface area (TPSA) is 74.7 Å². The summed E-state index contributed by atoms with van der Waals surface area (Å²) in [5, 5.41) is 8.66. The van der Waals surface area contributed by atoms with E-state index in [9.17, 15) is 14.4 Å². The molecule has 0 fully saturated rings. The van der Waals surface area contributed by atoms with Gasteiger partial charge in [0.15, 0.2) is 5.78 Å². The van der Waals surface area contributed by atoms with Gasteiger partial charge in [0.25, 0.3) is 0 Å². The molecule has 5 heteroatoms. The normalized spacial score (nSPS) is 10.3. The van der Waals surface area contributed by atoms with Gasteiger partial charge in [0.05, 0.1) is 6.42 Å². The lowest BCUT2D eigenvalue weighted by Crippen LogP contribution is -2.33. The van der Waals surface area contributed by atoms with Crippen LogP contribution in [-0.2, 0) is 16.0 Å². The minimum Gasteiger partial charge on any atom is -0.481 e. The molecule has 0 aliphatic heterocycles. The third kappa shape index (κ3) is 5.68. The Morgan fingerprint density at radius 1 is 1.00 bits per heavy atom. The number of rotatable bonds is 9. The van der Waals surface area contributed by atoms with Gasteiger partial charge in [-0.05, 0) is 18.9 Å². The molecule has 1 aromatic carbocycles. The van der Waals surface area contributed by atoms with E-state index in [-0.39, 0.29) is 37.5 Å². The predicted octanol–water partition coefficient (Wildman–Crippen LogP) is 2.54. The highest BCUT2D eigenvalue weighted by Gasteiger charge is 2.15. The Labute approximate surface area is 130 Å². The van der Waals surface area contributed by atoms with Gasteiger partial charge in [0.2, 0.25) is 5.91 Å². The van der Waals surface area contributed by atoms with Crippen LogP contribution in [0.25, 0.3) is 0 Å². The van der Waals surface area contributed by atoms with E-state index in [0.29, 0.717) is 12.1 Å². The molecule has 0 heterocycles. The Balaban J connectivity index is 2.50. The first-order valence-corrected chi connectivity index (χ1v) is 7.59. The molecule has 0 radical (unpaired) electrons. The SMILES string of the molecule is CCc1ccc(C(=O)CCC(=O)N(CC)CCC(=O)O)cc1. The molecule has 5 nitrogen and oxygen atoms in total. The summed E-state index contributed by atoms with van der Waals surface area (Å²) in [5.41, 5.74) is 1.78. The van der Waals surface area contributed by atoms with Crippen LogP contribution in [0.1, 0.15) is 49.0 Å². The fraction of sp³-hybridized carbons (Fsp3) is 0.471. The number of hydrogen-bond donors (Lipinski definition) is 1. The summed E-state index contributed by atoms with van der Waals surface area (Å²) in [6.07, 6.45) is 1.10. The second-order valence-electron chi connectivity index (χ2n) is 5.09. The maximum Gasteiger partial charge on any atom is 0.305 e. The van der Waals surface area contributed by atoms with Crippen LogP contribution < -0.4 is 0 Å². The molecule has 1 rings (SSSR count). The van der Waals surface area contributed by atoms with Gasteiger partial charge in [-0.3, -0.25) is 14.4 Å². The molecule has 0 saturated carbocycles. The van der Waals surface area contributed by atoms with Gasteiger partial charge < -0.3 is 10.0 Å². The first kappa shape index (κ1) is 17.9. The average molecular weight is 305 g/mol. The molecule has 1 amide bonds. The number of carboxylic acids is 1. The minimum absolute atomic E-state index is 0.0645. The van der Waals surface area contributed by atoms with E-state index in [1.54, 1.807) is 19.1 Å². The standard InChI is InChI=1S/C17H23NO4/c1-3-13-5-7-14(8-6-13)15(19)9-10-16(20)18(4-2)12-11-17(21)22/h5-8H,3-4,9-12H2,1-2H3,(H,21,22). The summed E-state index contributed by atoms with van der Waals surface area (Å²) in [7, 11) is 0. The summed E-state index contributed by atoms with van der Waals surface area (Å²) in [4.78, 5) is 36.1. The van der Waals surface area contributed by atoms with Crippen LogP contribution in [-0.4, -0.2) is 40.8 Å². The molecule has 0 atom stereocenters. The number of Topliss-reactive ketones (excluding diaryl/α,β-unsaturated/α-hetero) is 1. The summed E-state index contributed by atoms with van der Waals surface area (Å²) < 4.78 is 0. The lowest BCUT2D eigenvalue weighted by Gasteiger charge is -2.19. The molecule has 120 valence electrons. The first-order chi connectivity index (χ1) is 10.5. The monoisotopic (exact) mass is 305 g/mol. The lowest BCUT2D eigenvalue weighted by atomic mass is 10.0. The van der Waals surface area contributed by atoms with Crippen molar-refractivity contribution >= 4 is 17.7 Å². The fourth-order valence-corrected chi connectivity index (χ4v) is 2.14. The van der Waals surface area contributed by atoms with Crippen LogP contribution in [0.4, 0.5) is 0 Å². The number of aryl methyl sites for hydroxylation is 1. The number of carbonyl (C=O) groups is 3. The smallest absolute Gasteiger partial charge is 0.305 e. The summed E-state index contributed by atoms with van der Waals surface area (Å²) in [6, 6.07) is 7.40. The molecule has 1 N–H and O–H groups in total. The van der Waals surface area contributed by atoms with Gasteiger partial charge >= 0.3 is 5.97 Å². The molecule has 0 aliphatic rings. The molecule has 0 bridgehead atoms. The number of carboxylic acid groups (broad SMARTS) is 1. The van der Waals surface area contributed by atoms with Crippen LogP contribution >= 0.6 is 0 Å². The number of benzene rings is 1. The van der Waals surface area contributed by atoms with Crippen molar-refractivity contribution in [1.82, 2.24) is 4.90 Å². The van der Waals surface area contributed by atoms with Crippen molar-refractivity contribution < 1.29 is 19.5 Å². The van der Waals surface area contributed by atoms with Crippen LogP contribution in [0, 0.1) is 0 Å². The molecule has 22 heavy (non-hydrogen) atoms. The second-order valence-corrected chi connectivity index (χ2v) is 5.09.